The van der Waals surface area contributed by atoms with Gasteiger partial charge in [-0.1, -0.05) is 36.4 Å². The van der Waals surface area contributed by atoms with Crippen molar-refractivity contribution in [3.63, 3.8) is 0 Å². The highest BCUT2D eigenvalue weighted by molar-refractivity contribution is 6.08. The number of carbonyl (C=O) groups excluding carboxylic acids is 2. The van der Waals surface area contributed by atoms with Crippen LogP contribution in [0.15, 0.2) is 72.8 Å². The molecule has 136 valence electrons. The molecule has 3 aromatic carbocycles. The second-order valence-electron chi connectivity index (χ2n) is 6.16. The first-order valence-electron chi connectivity index (χ1n) is 8.47. The van der Waals surface area contributed by atoms with Gasteiger partial charge in [0.2, 0.25) is 0 Å². The van der Waals surface area contributed by atoms with Gasteiger partial charge in [0, 0.05) is 24.0 Å². The Hall–Kier alpha value is -3.47. The second kappa shape index (κ2) is 7.83. The zero-order chi connectivity index (χ0) is 19.4. The molecule has 0 atom stereocenters. The Morgan fingerprint density at radius 1 is 0.926 bits per heavy atom. The first-order valence-corrected chi connectivity index (χ1v) is 8.47. The van der Waals surface area contributed by atoms with Crippen LogP contribution in [-0.4, -0.2) is 18.9 Å². The molecule has 1 N–H and O–H groups in total. The summed E-state index contributed by atoms with van der Waals surface area (Å²) in [5.74, 6) is -1.36. The number of hydrogen-bond acceptors (Lipinski definition) is 2. The van der Waals surface area contributed by atoms with Crippen molar-refractivity contribution < 1.29 is 14.0 Å². The Labute approximate surface area is 157 Å². The molecule has 0 aliphatic carbocycles. The van der Waals surface area contributed by atoms with E-state index < -0.39 is 11.7 Å². The minimum Gasteiger partial charge on any atom is -0.322 e. The lowest BCUT2D eigenvalue weighted by atomic mass is 10.1. The van der Waals surface area contributed by atoms with Gasteiger partial charge in [0.1, 0.15) is 5.82 Å². The lowest BCUT2D eigenvalue weighted by molar-refractivity contribution is 0.0989. The zero-order valence-corrected chi connectivity index (χ0v) is 15.1. The van der Waals surface area contributed by atoms with Gasteiger partial charge >= 0.3 is 0 Å². The highest BCUT2D eigenvalue weighted by atomic mass is 19.1. The number of nitrogens with zero attached hydrogens (tertiary/aromatic N) is 1. The number of halogens is 1. The Kier molecular flexibility index (Phi) is 5.31. The van der Waals surface area contributed by atoms with Gasteiger partial charge < -0.3 is 10.2 Å². The molecule has 0 aliphatic heterocycles. The highest BCUT2D eigenvalue weighted by Crippen LogP contribution is 2.21. The number of para-hydroxylation sites is 1. The first-order chi connectivity index (χ1) is 13.0. The smallest absolute Gasteiger partial charge is 0.258 e. The van der Waals surface area contributed by atoms with Crippen LogP contribution < -0.4 is 10.2 Å². The lowest BCUT2D eigenvalue weighted by Gasteiger charge is -2.18. The molecule has 0 unspecified atom stereocenters. The van der Waals surface area contributed by atoms with Crippen LogP contribution in [0.25, 0.3) is 0 Å². The molecule has 3 rings (SSSR count). The van der Waals surface area contributed by atoms with Crippen LogP contribution in [0.2, 0.25) is 0 Å². The molecule has 5 heteroatoms. The highest BCUT2D eigenvalue weighted by Gasteiger charge is 2.16. The SMILES string of the molecule is Cc1ccc(C(=O)N(C)c2ccccc2)cc1NC(=O)c1ccccc1F. The monoisotopic (exact) mass is 362 g/mol. The number of carbonyl (C=O) groups is 2. The fourth-order valence-corrected chi connectivity index (χ4v) is 2.69. The number of amides is 2. The predicted octanol–water partition coefficient (Wildman–Crippen LogP) is 4.66. The summed E-state index contributed by atoms with van der Waals surface area (Å²) in [6.07, 6.45) is 0. The number of anilines is 2. The molecule has 0 aromatic heterocycles. The van der Waals surface area contributed by atoms with E-state index in [-0.39, 0.29) is 11.5 Å². The van der Waals surface area contributed by atoms with Crippen LogP contribution in [0.3, 0.4) is 0 Å². The average Bonchev–Trinajstić information content (AvgIpc) is 2.69. The van der Waals surface area contributed by atoms with Crippen molar-refractivity contribution in [2.24, 2.45) is 0 Å². The van der Waals surface area contributed by atoms with Gasteiger partial charge in [-0.25, -0.2) is 4.39 Å². The predicted molar refractivity (Wildman–Crippen MR) is 105 cm³/mol. The van der Waals surface area contributed by atoms with Gasteiger partial charge in [0.25, 0.3) is 11.8 Å². The molecule has 0 saturated heterocycles. The van der Waals surface area contributed by atoms with Crippen molar-refractivity contribution in [1.82, 2.24) is 0 Å². The van der Waals surface area contributed by atoms with E-state index in [1.807, 2.05) is 37.3 Å². The molecule has 0 radical (unpaired) electrons. The Bertz CT molecular complexity index is 987. The Morgan fingerprint density at radius 3 is 2.30 bits per heavy atom. The summed E-state index contributed by atoms with van der Waals surface area (Å²) in [5.41, 5.74) is 2.39. The molecule has 3 aromatic rings. The zero-order valence-electron chi connectivity index (χ0n) is 15.1. The molecule has 4 nitrogen and oxygen atoms in total. The van der Waals surface area contributed by atoms with Crippen molar-refractivity contribution in [2.75, 3.05) is 17.3 Å². The van der Waals surface area contributed by atoms with Crippen molar-refractivity contribution >= 4 is 23.2 Å². The summed E-state index contributed by atoms with van der Waals surface area (Å²) in [5, 5.41) is 2.69. The normalized spacial score (nSPS) is 10.3. The summed E-state index contributed by atoms with van der Waals surface area (Å²) < 4.78 is 13.8. The number of aryl methyl sites for hydroxylation is 1. The third-order valence-corrected chi connectivity index (χ3v) is 4.30. The average molecular weight is 362 g/mol. The number of benzene rings is 3. The lowest BCUT2D eigenvalue weighted by Crippen LogP contribution is -2.26. The molecule has 27 heavy (non-hydrogen) atoms. The van der Waals surface area contributed by atoms with Crippen LogP contribution in [-0.2, 0) is 0 Å². The van der Waals surface area contributed by atoms with Crippen LogP contribution >= 0.6 is 0 Å². The largest absolute Gasteiger partial charge is 0.322 e. The molecule has 0 saturated carbocycles. The van der Waals surface area contributed by atoms with E-state index in [9.17, 15) is 14.0 Å². The van der Waals surface area contributed by atoms with Gasteiger partial charge in [-0.3, -0.25) is 9.59 Å². The van der Waals surface area contributed by atoms with E-state index in [0.717, 1.165) is 11.3 Å². The minimum atomic E-state index is -0.594. The van der Waals surface area contributed by atoms with E-state index in [1.54, 1.807) is 31.3 Å². The van der Waals surface area contributed by atoms with E-state index in [1.165, 1.54) is 23.1 Å². The van der Waals surface area contributed by atoms with Gasteiger partial charge in [-0.2, -0.15) is 0 Å². The van der Waals surface area contributed by atoms with E-state index >= 15 is 0 Å². The topological polar surface area (TPSA) is 49.4 Å². The van der Waals surface area contributed by atoms with Gasteiger partial charge in [0.15, 0.2) is 0 Å². The standard InChI is InChI=1S/C22H19FN2O2/c1-15-12-13-16(22(27)25(2)17-8-4-3-5-9-17)14-20(15)24-21(26)18-10-6-7-11-19(18)23/h3-14H,1-2H3,(H,24,26). The summed E-state index contributed by atoms with van der Waals surface area (Å²) in [6, 6.07) is 20.1. The van der Waals surface area contributed by atoms with Crippen LogP contribution in [0, 0.1) is 12.7 Å². The maximum absolute atomic E-state index is 13.8. The third kappa shape index (κ3) is 4.03. The summed E-state index contributed by atoms with van der Waals surface area (Å²) in [7, 11) is 1.69. The van der Waals surface area contributed by atoms with E-state index in [0.29, 0.717) is 11.3 Å². The maximum Gasteiger partial charge on any atom is 0.258 e. The number of hydrogen-bond donors (Lipinski definition) is 1. The quantitative estimate of drug-likeness (QED) is 0.734. The fourth-order valence-electron chi connectivity index (χ4n) is 2.69. The van der Waals surface area contributed by atoms with Crippen LogP contribution in [0.4, 0.5) is 15.8 Å². The van der Waals surface area contributed by atoms with E-state index in [4.69, 9.17) is 0 Å². The molecule has 0 bridgehead atoms. The fraction of sp³-hybridized carbons (Fsp3) is 0.0909. The number of nitrogens with one attached hydrogen (secondary N) is 1. The van der Waals surface area contributed by atoms with Gasteiger partial charge in [-0.15, -0.1) is 0 Å². The summed E-state index contributed by atoms with van der Waals surface area (Å²) in [4.78, 5) is 26.7. The molecule has 0 fully saturated rings. The summed E-state index contributed by atoms with van der Waals surface area (Å²) in [6.45, 7) is 1.81. The van der Waals surface area contributed by atoms with Crippen molar-refractivity contribution in [1.29, 1.82) is 0 Å². The van der Waals surface area contributed by atoms with E-state index in [2.05, 4.69) is 5.32 Å². The maximum atomic E-state index is 13.8. The molecule has 0 spiro atoms. The summed E-state index contributed by atoms with van der Waals surface area (Å²) >= 11 is 0. The van der Waals surface area contributed by atoms with Crippen molar-refractivity contribution in [3.05, 3.63) is 95.3 Å². The van der Waals surface area contributed by atoms with Crippen molar-refractivity contribution in [2.45, 2.75) is 6.92 Å². The Morgan fingerprint density at radius 2 is 1.59 bits per heavy atom. The first kappa shape index (κ1) is 18.3. The molecular formula is C22H19FN2O2. The molecule has 0 heterocycles. The molecular weight excluding hydrogens is 343 g/mol. The molecule has 0 aliphatic rings. The third-order valence-electron chi connectivity index (χ3n) is 4.30. The molecule has 2 amide bonds. The van der Waals surface area contributed by atoms with Gasteiger partial charge in [0.05, 0.1) is 5.56 Å². The second-order valence-corrected chi connectivity index (χ2v) is 6.16. The van der Waals surface area contributed by atoms with Crippen molar-refractivity contribution in [3.8, 4) is 0 Å². The van der Waals surface area contributed by atoms with Crippen LogP contribution in [0.1, 0.15) is 26.3 Å². The number of rotatable bonds is 4. The van der Waals surface area contributed by atoms with Crippen LogP contribution in [0.5, 0.6) is 0 Å². The Balaban J connectivity index is 1.85. The van der Waals surface area contributed by atoms with Gasteiger partial charge in [-0.05, 0) is 48.9 Å². The minimum absolute atomic E-state index is 0.0463.